The smallest absolute Gasteiger partial charge is 0.164 e. The number of nitrogens with zero attached hydrogens (tertiary/aromatic N) is 8. The van der Waals surface area contributed by atoms with Crippen molar-refractivity contribution in [3.05, 3.63) is 411 Å². The van der Waals surface area contributed by atoms with E-state index in [4.69, 9.17) is 29.9 Å². The van der Waals surface area contributed by atoms with Gasteiger partial charge in [-0.25, -0.2) is 29.9 Å². The summed E-state index contributed by atoms with van der Waals surface area (Å²) < 4.78 is 15.8. The summed E-state index contributed by atoms with van der Waals surface area (Å²) in [5.74, 6) is 3.98. The molecule has 8 heterocycles. The van der Waals surface area contributed by atoms with Gasteiger partial charge in [-0.2, -0.15) is 0 Å². The van der Waals surface area contributed by atoms with Crippen molar-refractivity contribution in [3.63, 3.8) is 0 Å². The van der Waals surface area contributed by atoms with E-state index in [-0.39, 0.29) is 0 Å². The number of rotatable bonds is 10. The molecule has 8 aromatic heterocycles. The number of para-hydroxylation sites is 2. The van der Waals surface area contributed by atoms with Crippen molar-refractivity contribution in [2.45, 2.75) is 12.8 Å². The van der Waals surface area contributed by atoms with Gasteiger partial charge in [-0.3, -0.25) is 0 Å². The Morgan fingerprint density at radius 3 is 0.852 bits per heavy atom. The molecule has 0 spiro atoms. The highest BCUT2D eigenvalue weighted by Crippen LogP contribution is 2.52. The molecular formula is C116H68N8S4. The minimum atomic E-state index is 0.663. The number of thiophene rings is 4. The highest BCUT2D eigenvalue weighted by molar-refractivity contribution is 7.34. The van der Waals surface area contributed by atoms with Crippen LogP contribution in [0.3, 0.4) is 0 Å². The van der Waals surface area contributed by atoms with E-state index in [1.807, 2.05) is 118 Å². The topological polar surface area (TPSA) is 87.2 Å². The highest BCUT2D eigenvalue weighted by atomic mass is 32.1. The third-order valence-corrected chi connectivity index (χ3v) is 31.4. The minimum absolute atomic E-state index is 0.663. The zero-order chi connectivity index (χ0) is 83.8. The summed E-state index contributed by atoms with van der Waals surface area (Å²) in [4.78, 5) is 30.1. The van der Waals surface area contributed by atoms with Crippen molar-refractivity contribution in [1.29, 1.82) is 0 Å². The fraction of sp³-hybridized carbons (Fsp3) is 0.0172. The van der Waals surface area contributed by atoms with Gasteiger partial charge in [-0.05, 0) is 165 Å². The molecule has 0 saturated carbocycles. The van der Waals surface area contributed by atoms with Crippen LogP contribution in [0.25, 0.3) is 249 Å². The second-order valence-corrected chi connectivity index (χ2v) is 37.6. The van der Waals surface area contributed by atoms with E-state index in [1.165, 1.54) is 191 Å². The molecule has 128 heavy (non-hydrogen) atoms. The summed E-state index contributed by atoms with van der Waals surface area (Å²) >= 11 is 7.70. The van der Waals surface area contributed by atoms with Gasteiger partial charge in [0.1, 0.15) is 0 Å². The molecule has 0 amide bonds. The Morgan fingerprint density at radius 1 is 0.172 bits per heavy atom. The number of aromatic nitrogens is 8. The molecule has 2 aliphatic rings. The van der Waals surface area contributed by atoms with Gasteiger partial charge in [0.25, 0.3) is 0 Å². The van der Waals surface area contributed by atoms with E-state index in [2.05, 4.69) is 325 Å². The monoisotopic (exact) mass is 1700 g/mol. The van der Waals surface area contributed by atoms with E-state index in [0.717, 1.165) is 57.6 Å². The molecule has 28 rings (SSSR count). The first kappa shape index (κ1) is 72.9. The van der Waals surface area contributed by atoms with Crippen LogP contribution in [0.15, 0.2) is 388 Å². The van der Waals surface area contributed by atoms with Gasteiger partial charge in [0, 0.05) is 128 Å². The lowest BCUT2D eigenvalue weighted by Gasteiger charge is -2.12. The summed E-state index contributed by atoms with van der Waals surface area (Å²) in [6.45, 7) is 0. The summed E-state index contributed by atoms with van der Waals surface area (Å²) in [5, 5.41) is 15.7. The lowest BCUT2D eigenvalue weighted by atomic mass is 10.0. The second kappa shape index (κ2) is 29.0. The maximum absolute atomic E-state index is 5.06. The van der Waals surface area contributed by atoms with Crippen LogP contribution in [-0.4, -0.2) is 39.0 Å². The van der Waals surface area contributed by atoms with Crippen LogP contribution in [0.1, 0.15) is 22.3 Å². The van der Waals surface area contributed by atoms with E-state index in [1.54, 1.807) is 0 Å². The highest BCUT2D eigenvalue weighted by Gasteiger charge is 2.28. The normalized spacial score (nSPS) is 12.3. The lowest BCUT2D eigenvalue weighted by molar-refractivity contribution is 1.07. The summed E-state index contributed by atoms with van der Waals surface area (Å²) in [7, 11) is 0. The Labute approximate surface area is 750 Å². The molecule has 8 nitrogen and oxygen atoms in total. The molecule has 26 aromatic rings. The fourth-order valence-corrected chi connectivity index (χ4v) is 25.5. The predicted molar refractivity (Wildman–Crippen MR) is 540 cm³/mol. The molecule has 0 bridgehead atoms. The van der Waals surface area contributed by atoms with Crippen LogP contribution in [0.5, 0.6) is 0 Å². The van der Waals surface area contributed by atoms with Crippen molar-refractivity contribution < 1.29 is 0 Å². The van der Waals surface area contributed by atoms with Gasteiger partial charge in [0.15, 0.2) is 34.9 Å². The second-order valence-electron chi connectivity index (χ2n) is 33.4. The van der Waals surface area contributed by atoms with Crippen LogP contribution in [0.4, 0.5) is 0 Å². The first-order chi connectivity index (χ1) is 63.4. The first-order valence-electron chi connectivity index (χ1n) is 43.3. The van der Waals surface area contributed by atoms with Crippen LogP contribution in [-0.2, 0) is 12.8 Å². The number of hydrogen-bond donors (Lipinski definition) is 0. The maximum Gasteiger partial charge on any atom is 0.164 e. The number of benzene rings is 18. The summed E-state index contributed by atoms with van der Waals surface area (Å²) in [6.07, 6.45) is 1.78. The number of fused-ring (bicyclic) bond motifs is 26. The molecular weight excluding hydrogens is 1630 g/mol. The van der Waals surface area contributed by atoms with Crippen LogP contribution < -0.4 is 0 Å². The Kier molecular flexibility index (Phi) is 16.5. The molecule has 0 aliphatic heterocycles. The van der Waals surface area contributed by atoms with Gasteiger partial charge >= 0.3 is 0 Å². The Morgan fingerprint density at radius 2 is 0.461 bits per heavy atom. The van der Waals surface area contributed by atoms with Gasteiger partial charge in [0.05, 0.1) is 40.9 Å². The maximum atomic E-state index is 5.06. The molecule has 0 radical (unpaired) electrons. The molecule has 0 atom stereocenters. The standard InChI is InChI=1S/2C58H34N4S2/c2*1-3-12-34(13-4-1)56-59-57(35-14-5-2-6-15-35)61-58(60-56)39-23-22-36-30-37-24-26-40(33-48(37)47(36)32-39)62-50-20-9-7-16-42(50)49-31-38(25-29-51(49)62)41-18-11-19-44-46-28-27-45-43-17-8-10-21-52(43)63-54(45)55(46)64-53(41)44/h2*1-29,31-33H,30H2. The molecule has 596 valence electrons. The fourth-order valence-electron chi connectivity index (χ4n) is 20.1. The predicted octanol–water partition coefficient (Wildman–Crippen LogP) is 31.9. The quantitative estimate of drug-likeness (QED) is 0.136. The Balaban J connectivity index is 0.000000132. The van der Waals surface area contributed by atoms with Crippen molar-refractivity contribution >= 4 is 170 Å². The molecule has 12 heteroatoms. The van der Waals surface area contributed by atoms with E-state index in [9.17, 15) is 0 Å². The van der Waals surface area contributed by atoms with Crippen LogP contribution in [0.2, 0.25) is 0 Å². The zero-order valence-electron chi connectivity index (χ0n) is 68.6. The number of hydrogen-bond acceptors (Lipinski definition) is 10. The summed E-state index contributed by atoms with van der Waals surface area (Å²) in [5.41, 5.74) is 28.1. The van der Waals surface area contributed by atoms with E-state index >= 15 is 0 Å². The van der Waals surface area contributed by atoms with Crippen LogP contribution >= 0.6 is 45.3 Å². The molecule has 18 aromatic carbocycles. The zero-order valence-corrected chi connectivity index (χ0v) is 71.8. The summed E-state index contributed by atoms with van der Waals surface area (Å²) in [6, 6.07) is 140. The third-order valence-electron chi connectivity index (χ3n) is 26.2. The molecule has 0 fully saturated rings. The van der Waals surface area contributed by atoms with Crippen molar-refractivity contribution in [1.82, 2.24) is 39.0 Å². The lowest BCUT2D eigenvalue weighted by Crippen LogP contribution is -2.00. The average molecular weight is 1700 g/mol. The average Bonchev–Trinajstić information content (AvgIpc) is 1.57. The van der Waals surface area contributed by atoms with Crippen molar-refractivity contribution in [3.8, 4) is 124 Å². The molecule has 2 aliphatic carbocycles. The SMILES string of the molecule is c1ccc(-c2nc(-c3ccccc3)nc(-c3ccc4c(c3)-c3cc(-n5c6ccccc6c6cc(-c7cccc8c7sc7c8ccc8c9ccccc9sc87)ccc65)ccc3C4)n2)cc1.c1ccc(-c2nc(-c3ccccc3)nc(-c3ccc4c(c3)-c3cc(-n5c6ccccc6c6cc(-c7cccc8c7sc7c8ccc8c9ccccc9sc87)ccc65)ccc3C4)n2)cc1. The van der Waals surface area contributed by atoms with E-state index in [0.29, 0.717) is 34.9 Å². The molecule has 0 unspecified atom stereocenters. The first-order valence-corrected chi connectivity index (χ1v) is 46.5. The van der Waals surface area contributed by atoms with E-state index < -0.39 is 0 Å². The molecule has 0 saturated heterocycles. The molecule has 0 N–H and O–H groups in total. The Bertz CT molecular complexity index is 8510. The van der Waals surface area contributed by atoms with Crippen molar-refractivity contribution in [2.24, 2.45) is 0 Å². The van der Waals surface area contributed by atoms with Gasteiger partial charge in [-0.15, -0.1) is 45.3 Å². The van der Waals surface area contributed by atoms with Gasteiger partial charge in [-0.1, -0.05) is 303 Å². The van der Waals surface area contributed by atoms with Crippen molar-refractivity contribution in [2.75, 3.05) is 0 Å². The van der Waals surface area contributed by atoms with Crippen LogP contribution in [0, 0.1) is 0 Å². The third kappa shape index (κ3) is 11.7. The van der Waals surface area contributed by atoms with Gasteiger partial charge in [0.2, 0.25) is 0 Å². The largest absolute Gasteiger partial charge is 0.309 e. The Hall–Kier alpha value is -15.5. The van der Waals surface area contributed by atoms with Gasteiger partial charge < -0.3 is 9.13 Å². The minimum Gasteiger partial charge on any atom is -0.309 e.